The molecule has 138 valence electrons. The minimum absolute atomic E-state index is 0.128. The third-order valence-corrected chi connectivity index (χ3v) is 8.13. The molecule has 0 aliphatic heterocycles. The molecular formula is C26H19N2Se+. The number of fused-ring (bicyclic) bond motifs is 3. The van der Waals surface area contributed by atoms with Crippen molar-refractivity contribution in [3.05, 3.63) is 96.0 Å². The van der Waals surface area contributed by atoms with Gasteiger partial charge in [-0.25, -0.2) is 0 Å². The van der Waals surface area contributed by atoms with Gasteiger partial charge in [-0.1, -0.05) is 0 Å². The fraction of sp³-hybridized carbons (Fsp3) is 0.0769. The predicted octanol–water partition coefficient (Wildman–Crippen LogP) is 6.07. The van der Waals surface area contributed by atoms with Crippen molar-refractivity contribution in [2.45, 2.75) is 6.92 Å². The van der Waals surface area contributed by atoms with Crippen LogP contribution >= 0.6 is 0 Å². The zero-order valence-corrected chi connectivity index (χ0v) is 18.0. The molecule has 5 aromatic rings. The van der Waals surface area contributed by atoms with E-state index in [1.54, 1.807) is 0 Å². The van der Waals surface area contributed by atoms with Gasteiger partial charge in [0.05, 0.1) is 0 Å². The molecule has 0 radical (unpaired) electrons. The van der Waals surface area contributed by atoms with E-state index >= 15 is 0 Å². The zero-order chi connectivity index (χ0) is 20.0. The Kier molecular flexibility index (Phi) is 4.32. The summed E-state index contributed by atoms with van der Waals surface area (Å²) in [5.74, 6) is 0. The first kappa shape index (κ1) is 17.9. The van der Waals surface area contributed by atoms with Crippen LogP contribution in [0.5, 0.6) is 0 Å². The SMILES string of the molecule is [C-]#[N+]c1cccc2c1[se]c1c(-c3cc(-c4ccccc4)cc[n+]3C)c(C)ccc12. The van der Waals surface area contributed by atoms with E-state index < -0.39 is 0 Å². The molecule has 0 spiro atoms. The Morgan fingerprint density at radius 2 is 1.62 bits per heavy atom. The quantitative estimate of drug-likeness (QED) is 0.180. The van der Waals surface area contributed by atoms with E-state index in [4.69, 9.17) is 6.57 Å². The summed E-state index contributed by atoms with van der Waals surface area (Å²) < 4.78 is 4.83. The molecule has 0 N–H and O–H groups in total. The van der Waals surface area contributed by atoms with Crippen LogP contribution in [0.3, 0.4) is 0 Å². The molecule has 0 saturated carbocycles. The Hall–Kier alpha value is -3.18. The van der Waals surface area contributed by atoms with E-state index in [0.29, 0.717) is 0 Å². The number of benzene rings is 3. The molecule has 3 aromatic carbocycles. The first-order valence-electron chi connectivity index (χ1n) is 9.55. The van der Waals surface area contributed by atoms with Crippen LogP contribution in [-0.2, 0) is 7.05 Å². The van der Waals surface area contributed by atoms with E-state index in [0.717, 1.165) is 5.69 Å². The van der Waals surface area contributed by atoms with Gasteiger partial charge in [-0.2, -0.15) is 0 Å². The second-order valence-electron chi connectivity index (χ2n) is 7.28. The van der Waals surface area contributed by atoms with E-state index in [9.17, 15) is 0 Å². The van der Waals surface area contributed by atoms with Gasteiger partial charge in [-0.05, 0) is 0 Å². The molecule has 3 heteroatoms. The molecule has 2 heterocycles. The zero-order valence-electron chi connectivity index (χ0n) is 16.3. The molecule has 2 aromatic heterocycles. The first-order valence-corrected chi connectivity index (χ1v) is 11.3. The summed E-state index contributed by atoms with van der Waals surface area (Å²) in [6.45, 7) is 9.76. The number of rotatable bonds is 2. The van der Waals surface area contributed by atoms with E-state index in [1.807, 2.05) is 12.1 Å². The molecule has 5 rings (SSSR count). The fourth-order valence-electron chi connectivity index (χ4n) is 3.98. The summed E-state index contributed by atoms with van der Waals surface area (Å²) in [4.78, 5) is 3.78. The number of nitrogens with zero attached hydrogens (tertiary/aromatic N) is 2. The van der Waals surface area contributed by atoms with Gasteiger partial charge >= 0.3 is 176 Å². The molecule has 0 amide bonds. The second-order valence-corrected chi connectivity index (χ2v) is 9.42. The summed E-state index contributed by atoms with van der Waals surface area (Å²) in [5, 5.41) is 2.52. The number of pyridine rings is 1. The molecule has 2 nitrogen and oxygen atoms in total. The molecule has 29 heavy (non-hydrogen) atoms. The molecule has 0 unspecified atom stereocenters. The van der Waals surface area contributed by atoms with Crippen LogP contribution in [0.2, 0.25) is 0 Å². The summed E-state index contributed by atoms with van der Waals surface area (Å²) in [6, 6.07) is 25.6. The van der Waals surface area contributed by atoms with Gasteiger partial charge in [0.1, 0.15) is 0 Å². The van der Waals surface area contributed by atoms with Gasteiger partial charge in [0, 0.05) is 0 Å². The van der Waals surface area contributed by atoms with E-state index in [2.05, 4.69) is 90.2 Å². The Labute approximate surface area is 176 Å². The molecule has 0 aliphatic rings. The second kappa shape index (κ2) is 7.01. The van der Waals surface area contributed by atoms with Crippen molar-refractivity contribution in [1.29, 1.82) is 0 Å². The van der Waals surface area contributed by atoms with Gasteiger partial charge in [-0.15, -0.1) is 0 Å². The van der Waals surface area contributed by atoms with Crippen molar-refractivity contribution in [3.8, 4) is 22.4 Å². The Morgan fingerprint density at radius 3 is 2.41 bits per heavy atom. The standard InChI is InChI=1S/C26H19N2Se/c1-17-12-13-21-20-10-7-11-22(27-2)25(20)29-26(21)24(17)23-16-19(14-15-28(23)3)18-8-5-4-6-9-18/h4-16H,1,3H3/q+1. The van der Waals surface area contributed by atoms with Crippen LogP contribution in [0.15, 0.2) is 79.0 Å². The Bertz CT molecular complexity index is 1420. The van der Waals surface area contributed by atoms with Gasteiger partial charge in [0.2, 0.25) is 0 Å². The maximum absolute atomic E-state index is 7.57. The van der Waals surface area contributed by atoms with Crippen LogP contribution in [-0.4, -0.2) is 14.5 Å². The maximum atomic E-state index is 7.57. The third kappa shape index (κ3) is 2.89. The average molecular weight is 438 g/mol. The van der Waals surface area contributed by atoms with Gasteiger partial charge in [-0.3, -0.25) is 0 Å². The topological polar surface area (TPSA) is 8.24 Å². The summed E-state index contributed by atoms with van der Waals surface area (Å²) >= 11 is 0.128. The number of aromatic nitrogens is 1. The van der Waals surface area contributed by atoms with E-state index in [1.165, 1.54) is 47.2 Å². The number of aryl methyl sites for hydroxylation is 2. The van der Waals surface area contributed by atoms with Crippen molar-refractivity contribution in [3.63, 3.8) is 0 Å². The van der Waals surface area contributed by atoms with Gasteiger partial charge in [0.15, 0.2) is 0 Å². The van der Waals surface area contributed by atoms with Crippen LogP contribution in [0, 0.1) is 13.5 Å². The molecule has 0 bridgehead atoms. The van der Waals surface area contributed by atoms with Crippen LogP contribution < -0.4 is 4.57 Å². The Morgan fingerprint density at radius 1 is 0.828 bits per heavy atom. The minimum atomic E-state index is 0.128. The van der Waals surface area contributed by atoms with Crippen molar-refractivity contribution in [2.75, 3.05) is 0 Å². The third-order valence-electron chi connectivity index (χ3n) is 5.49. The summed E-state index contributed by atoms with van der Waals surface area (Å²) in [6.07, 6.45) is 2.15. The van der Waals surface area contributed by atoms with E-state index in [-0.39, 0.29) is 14.5 Å². The molecule has 0 aliphatic carbocycles. The molecule has 0 saturated heterocycles. The van der Waals surface area contributed by atoms with Crippen molar-refractivity contribution in [2.24, 2.45) is 7.05 Å². The molecule has 0 fully saturated rings. The van der Waals surface area contributed by atoms with Crippen LogP contribution in [0.4, 0.5) is 5.69 Å². The van der Waals surface area contributed by atoms with Crippen LogP contribution in [0.25, 0.3) is 46.5 Å². The Balaban J connectivity index is 1.84. The average Bonchev–Trinajstić information content (AvgIpc) is 3.13. The van der Waals surface area contributed by atoms with Gasteiger partial charge in [0.25, 0.3) is 0 Å². The summed E-state index contributed by atoms with van der Waals surface area (Å²) in [5.41, 5.74) is 7.06. The monoisotopic (exact) mass is 439 g/mol. The van der Waals surface area contributed by atoms with Gasteiger partial charge < -0.3 is 0 Å². The number of hydrogen-bond donors (Lipinski definition) is 0. The molecular weight excluding hydrogens is 419 g/mol. The van der Waals surface area contributed by atoms with Crippen LogP contribution in [0.1, 0.15) is 5.56 Å². The normalized spacial score (nSPS) is 11.1. The predicted molar refractivity (Wildman–Crippen MR) is 121 cm³/mol. The number of hydrogen-bond acceptors (Lipinski definition) is 0. The van der Waals surface area contributed by atoms with Crippen molar-refractivity contribution >= 4 is 39.5 Å². The van der Waals surface area contributed by atoms with Crippen molar-refractivity contribution < 1.29 is 4.57 Å². The summed E-state index contributed by atoms with van der Waals surface area (Å²) in [7, 11) is 2.11. The first-order chi connectivity index (χ1) is 14.2. The van der Waals surface area contributed by atoms with Crippen molar-refractivity contribution in [1.82, 2.24) is 0 Å². The fourth-order valence-corrected chi connectivity index (χ4v) is 6.85. The molecule has 0 atom stereocenters.